The molecule has 2 rings (SSSR count). The second-order valence-corrected chi connectivity index (χ2v) is 5.17. The zero-order valence-electron chi connectivity index (χ0n) is 10.1. The van der Waals surface area contributed by atoms with Gasteiger partial charge in [0, 0.05) is 30.6 Å². The van der Waals surface area contributed by atoms with Crippen molar-refractivity contribution in [2.45, 2.75) is 38.8 Å². The summed E-state index contributed by atoms with van der Waals surface area (Å²) in [6.07, 6.45) is 2.80. The Kier molecular flexibility index (Phi) is 4.32. The predicted octanol–water partition coefficient (Wildman–Crippen LogP) is 2.28. The summed E-state index contributed by atoms with van der Waals surface area (Å²) < 4.78 is 0. The van der Waals surface area contributed by atoms with Crippen LogP contribution in [0.2, 0.25) is 0 Å². The summed E-state index contributed by atoms with van der Waals surface area (Å²) in [4.78, 5) is 6.89. The molecule has 0 spiro atoms. The summed E-state index contributed by atoms with van der Waals surface area (Å²) in [6, 6.07) is 1.26. The van der Waals surface area contributed by atoms with Crippen molar-refractivity contribution in [3.63, 3.8) is 0 Å². The average molecular weight is 239 g/mol. The smallest absolute Gasteiger partial charge is 0.0795 e. The first-order valence-electron chi connectivity index (χ1n) is 6.16. The fourth-order valence-electron chi connectivity index (χ4n) is 2.00. The molecule has 0 radical (unpaired) electrons. The predicted molar refractivity (Wildman–Crippen MR) is 68.8 cm³/mol. The van der Waals surface area contributed by atoms with E-state index in [0.717, 1.165) is 19.1 Å². The molecule has 16 heavy (non-hydrogen) atoms. The lowest BCUT2D eigenvalue weighted by molar-refractivity contribution is 0.273. The molecule has 1 N–H and O–H groups in total. The lowest BCUT2D eigenvalue weighted by Gasteiger charge is -2.21. The number of likely N-dealkylation sites (N-methyl/N-ethyl adjacent to an activating group) is 1. The number of thiazole rings is 1. The fraction of sp³-hybridized carbons (Fsp3) is 0.750. The van der Waals surface area contributed by atoms with Crippen molar-refractivity contribution >= 4 is 11.3 Å². The molecule has 0 bridgehead atoms. The Morgan fingerprint density at radius 1 is 1.62 bits per heavy atom. The first-order valence-corrected chi connectivity index (χ1v) is 7.11. The highest BCUT2D eigenvalue weighted by Crippen LogP contribution is 2.25. The largest absolute Gasteiger partial charge is 0.308 e. The van der Waals surface area contributed by atoms with E-state index in [9.17, 15) is 0 Å². The van der Waals surface area contributed by atoms with Crippen LogP contribution in [0.1, 0.15) is 38.4 Å². The highest BCUT2D eigenvalue weighted by molar-refractivity contribution is 7.07. The molecule has 1 fully saturated rings. The van der Waals surface area contributed by atoms with E-state index >= 15 is 0 Å². The summed E-state index contributed by atoms with van der Waals surface area (Å²) in [5.41, 5.74) is 3.07. The topological polar surface area (TPSA) is 28.2 Å². The average Bonchev–Trinajstić information content (AvgIpc) is 2.97. The van der Waals surface area contributed by atoms with Gasteiger partial charge in [-0.15, -0.1) is 11.3 Å². The molecule has 1 saturated carbocycles. The quantitative estimate of drug-likeness (QED) is 0.791. The van der Waals surface area contributed by atoms with Crippen LogP contribution < -0.4 is 5.32 Å². The van der Waals surface area contributed by atoms with Crippen LogP contribution in [0.4, 0.5) is 0 Å². The van der Waals surface area contributed by atoms with Crippen molar-refractivity contribution in [3.05, 3.63) is 16.6 Å². The Morgan fingerprint density at radius 3 is 3.00 bits per heavy atom. The minimum Gasteiger partial charge on any atom is -0.308 e. The highest BCUT2D eigenvalue weighted by Gasteiger charge is 2.27. The molecule has 4 heteroatoms. The molecule has 1 atom stereocenters. The van der Waals surface area contributed by atoms with E-state index < -0.39 is 0 Å². The number of hydrogen-bond acceptors (Lipinski definition) is 4. The first-order chi connectivity index (χ1) is 7.81. The summed E-state index contributed by atoms with van der Waals surface area (Å²) >= 11 is 1.67. The first kappa shape index (κ1) is 12.0. The maximum Gasteiger partial charge on any atom is 0.0795 e. The number of aromatic nitrogens is 1. The maximum absolute atomic E-state index is 4.32. The van der Waals surface area contributed by atoms with Gasteiger partial charge in [0.15, 0.2) is 0 Å². The van der Waals surface area contributed by atoms with E-state index in [4.69, 9.17) is 0 Å². The van der Waals surface area contributed by atoms with Crippen molar-refractivity contribution in [1.82, 2.24) is 15.2 Å². The van der Waals surface area contributed by atoms with Gasteiger partial charge in [0.05, 0.1) is 11.2 Å². The number of rotatable bonds is 7. The normalized spacial score (nSPS) is 17.9. The summed E-state index contributed by atoms with van der Waals surface area (Å²) in [7, 11) is 0. The van der Waals surface area contributed by atoms with Crippen LogP contribution >= 0.6 is 11.3 Å². The number of hydrogen-bond donors (Lipinski definition) is 1. The Morgan fingerprint density at radius 2 is 2.44 bits per heavy atom. The van der Waals surface area contributed by atoms with Gasteiger partial charge >= 0.3 is 0 Å². The molecule has 3 nitrogen and oxygen atoms in total. The minimum atomic E-state index is 0.379. The van der Waals surface area contributed by atoms with E-state index in [2.05, 4.69) is 34.4 Å². The molecule has 1 heterocycles. The molecule has 0 saturated heterocycles. The van der Waals surface area contributed by atoms with Crippen LogP contribution in [-0.2, 0) is 0 Å². The van der Waals surface area contributed by atoms with Gasteiger partial charge in [-0.05, 0) is 26.3 Å². The standard InChI is InChI=1S/C12H21N3S/c1-3-15(11-4-5-11)7-6-13-10(2)12-8-16-9-14-12/h8-11,13H,3-7H2,1-2H3. The van der Waals surface area contributed by atoms with Crippen molar-refractivity contribution < 1.29 is 0 Å². The minimum absolute atomic E-state index is 0.379. The van der Waals surface area contributed by atoms with Crippen LogP contribution in [0.5, 0.6) is 0 Å². The summed E-state index contributed by atoms with van der Waals surface area (Å²) in [5, 5.41) is 5.66. The Hall–Kier alpha value is -0.450. The van der Waals surface area contributed by atoms with Crippen LogP contribution in [0.15, 0.2) is 10.9 Å². The van der Waals surface area contributed by atoms with Crippen LogP contribution in [0.3, 0.4) is 0 Å². The van der Waals surface area contributed by atoms with Gasteiger partial charge < -0.3 is 5.32 Å². The monoisotopic (exact) mass is 239 g/mol. The zero-order chi connectivity index (χ0) is 11.4. The molecular weight excluding hydrogens is 218 g/mol. The van der Waals surface area contributed by atoms with Gasteiger partial charge in [-0.3, -0.25) is 4.90 Å². The Labute approximate surface area is 102 Å². The van der Waals surface area contributed by atoms with Crippen molar-refractivity contribution in [3.8, 4) is 0 Å². The summed E-state index contributed by atoms with van der Waals surface area (Å²) in [6.45, 7) is 7.83. The van der Waals surface area contributed by atoms with Gasteiger partial charge in [0.25, 0.3) is 0 Å². The second kappa shape index (κ2) is 5.75. The molecule has 90 valence electrons. The molecular formula is C12H21N3S. The number of nitrogens with one attached hydrogen (secondary N) is 1. The third-order valence-electron chi connectivity index (χ3n) is 3.21. The van der Waals surface area contributed by atoms with E-state index in [-0.39, 0.29) is 0 Å². The Balaban J connectivity index is 1.67. The molecule has 1 aliphatic rings. The molecule has 1 aromatic heterocycles. The van der Waals surface area contributed by atoms with Crippen LogP contribution in [0, 0.1) is 0 Å². The van der Waals surface area contributed by atoms with Gasteiger partial charge in [0.1, 0.15) is 0 Å². The molecule has 0 aromatic carbocycles. The third kappa shape index (κ3) is 3.27. The van der Waals surface area contributed by atoms with E-state index in [0.29, 0.717) is 6.04 Å². The van der Waals surface area contributed by atoms with Gasteiger partial charge in [0.2, 0.25) is 0 Å². The molecule has 1 aliphatic carbocycles. The lowest BCUT2D eigenvalue weighted by atomic mass is 10.2. The molecule has 1 aromatic rings. The lowest BCUT2D eigenvalue weighted by Crippen LogP contribution is -2.34. The Bertz CT molecular complexity index is 295. The van der Waals surface area contributed by atoms with Crippen molar-refractivity contribution in [1.29, 1.82) is 0 Å². The molecule has 0 amide bonds. The van der Waals surface area contributed by atoms with Crippen molar-refractivity contribution in [2.24, 2.45) is 0 Å². The van der Waals surface area contributed by atoms with E-state index in [1.54, 1.807) is 11.3 Å². The van der Waals surface area contributed by atoms with Crippen LogP contribution in [0.25, 0.3) is 0 Å². The zero-order valence-corrected chi connectivity index (χ0v) is 11.0. The highest BCUT2D eigenvalue weighted by atomic mass is 32.1. The SMILES string of the molecule is CCN(CCNC(C)c1cscn1)C1CC1. The van der Waals surface area contributed by atoms with Gasteiger partial charge in [-0.2, -0.15) is 0 Å². The summed E-state index contributed by atoms with van der Waals surface area (Å²) in [5.74, 6) is 0. The van der Waals surface area contributed by atoms with E-state index in [1.165, 1.54) is 25.1 Å². The maximum atomic E-state index is 4.32. The van der Waals surface area contributed by atoms with Gasteiger partial charge in [-0.25, -0.2) is 4.98 Å². The molecule has 1 unspecified atom stereocenters. The van der Waals surface area contributed by atoms with Gasteiger partial charge in [-0.1, -0.05) is 6.92 Å². The second-order valence-electron chi connectivity index (χ2n) is 4.45. The van der Waals surface area contributed by atoms with E-state index in [1.807, 2.05) is 5.51 Å². The fourth-order valence-corrected chi connectivity index (χ4v) is 2.65. The molecule has 0 aliphatic heterocycles. The third-order valence-corrected chi connectivity index (χ3v) is 3.82. The van der Waals surface area contributed by atoms with Crippen molar-refractivity contribution in [2.75, 3.05) is 19.6 Å². The van der Waals surface area contributed by atoms with Crippen LogP contribution in [-0.4, -0.2) is 35.6 Å². The number of nitrogens with zero attached hydrogens (tertiary/aromatic N) is 2.